The maximum Gasteiger partial charge on any atom is 0.339 e. The van der Waals surface area contributed by atoms with Crippen LogP contribution in [-0.4, -0.2) is 39.2 Å². The summed E-state index contributed by atoms with van der Waals surface area (Å²) >= 11 is 0. The van der Waals surface area contributed by atoms with Gasteiger partial charge in [0.05, 0.1) is 12.2 Å². The lowest BCUT2D eigenvalue weighted by atomic mass is 10.1. The highest BCUT2D eigenvalue weighted by molar-refractivity contribution is 7.90. The summed E-state index contributed by atoms with van der Waals surface area (Å²) in [7, 11) is -3.68. The summed E-state index contributed by atoms with van der Waals surface area (Å²) in [6, 6.07) is 4.39. The van der Waals surface area contributed by atoms with Gasteiger partial charge in [0, 0.05) is 6.54 Å². The lowest BCUT2D eigenvalue weighted by Crippen LogP contribution is -2.45. The number of hydrogen-bond donors (Lipinski definition) is 2. The maximum absolute atomic E-state index is 12.0. The van der Waals surface area contributed by atoms with E-state index < -0.39 is 16.2 Å². The summed E-state index contributed by atoms with van der Waals surface area (Å²) in [5.74, 6) is -1.07. The van der Waals surface area contributed by atoms with Gasteiger partial charge in [-0.3, -0.25) is 4.31 Å². The van der Waals surface area contributed by atoms with Crippen LogP contribution < -0.4 is 13.8 Å². The Morgan fingerprint density at radius 2 is 2.26 bits per heavy atom. The SMILES string of the molecule is CCNS(=O)(=O)N1CCOc2c(C(=O)O)cccc21. The molecule has 0 amide bonds. The normalized spacial score (nSPS) is 14.7. The quantitative estimate of drug-likeness (QED) is 0.837. The average Bonchev–Trinajstić information content (AvgIpc) is 2.37. The molecule has 0 bridgehead atoms. The molecule has 7 nitrogen and oxygen atoms in total. The van der Waals surface area contributed by atoms with Gasteiger partial charge in [0.25, 0.3) is 0 Å². The van der Waals surface area contributed by atoms with Crippen molar-refractivity contribution in [1.29, 1.82) is 0 Å². The van der Waals surface area contributed by atoms with Crippen LogP contribution in [0.4, 0.5) is 5.69 Å². The zero-order valence-electron chi connectivity index (χ0n) is 10.3. The van der Waals surface area contributed by atoms with Crippen LogP contribution in [0.2, 0.25) is 0 Å². The summed E-state index contributed by atoms with van der Waals surface area (Å²) in [6.07, 6.45) is 0. The van der Waals surface area contributed by atoms with E-state index in [1.54, 1.807) is 6.92 Å². The highest BCUT2D eigenvalue weighted by atomic mass is 32.2. The number of carbonyl (C=O) groups is 1. The first-order chi connectivity index (χ1) is 8.97. The molecule has 1 heterocycles. The first-order valence-corrected chi connectivity index (χ1v) is 7.18. The Morgan fingerprint density at radius 1 is 1.53 bits per heavy atom. The van der Waals surface area contributed by atoms with Crippen LogP contribution in [0.5, 0.6) is 5.75 Å². The summed E-state index contributed by atoms with van der Waals surface area (Å²) in [6.45, 7) is 2.19. The second-order valence-corrected chi connectivity index (χ2v) is 5.56. The lowest BCUT2D eigenvalue weighted by Gasteiger charge is -2.30. The molecule has 19 heavy (non-hydrogen) atoms. The second kappa shape index (κ2) is 5.06. The first kappa shape index (κ1) is 13.6. The van der Waals surface area contributed by atoms with Crippen LogP contribution in [-0.2, 0) is 10.2 Å². The Balaban J connectivity index is 2.52. The van der Waals surface area contributed by atoms with E-state index in [0.717, 1.165) is 4.31 Å². The Labute approximate surface area is 111 Å². The Bertz CT molecular complexity index is 599. The van der Waals surface area contributed by atoms with Crippen LogP contribution in [0.25, 0.3) is 0 Å². The van der Waals surface area contributed by atoms with Crippen molar-refractivity contribution >= 4 is 21.9 Å². The molecule has 0 fully saturated rings. The van der Waals surface area contributed by atoms with E-state index in [9.17, 15) is 13.2 Å². The third-order valence-electron chi connectivity index (χ3n) is 2.65. The summed E-state index contributed by atoms with van der Waals surface area (Å²) < 4.78 is 32.9. The molecule has 2 N–H and O–H groups in total. The highest BCUT2D eigenvalue weighted by Crippen LogP contribution is 2.36. The molecule has 0 saturated carbocycles. The molecule has 0 atom stereocenters. The Kier molecular flexibility index (Phi) is 3.63. The number of anilines is 1. The van der Waals surface area contributed by atoms with E-state index in [1.165, 1.54) is 18.2 Å². The van der Waals surface area contributed by atoms with Crippen molar-refractivity contribution in [1.82, 2.24) is 4.72 Å². The molecule has 0 radical (unpaired) electrons. The van der Waals surface area contributed by atoms with Gasteiger partial charge in [-0.25, -0.2) is 4.79 Å². The molecule has 0 unspecified atom stereocenters. The number of benzene rings is 1. The predicted octanol–water partition coefficient (Wildman–Crippen LogP) is 0.438. The summed E-state index contributed by atoms with van der Waals surface area (Å²) in [5.41, 5.74) is 0.195. The Hall–Kier alpha value is -1.80. The fourth-order valence-electron chi connectivity index (χ4n) is 1.90. The van der Waals surface area contributed by atoms with Gasteiger partial charge >= 0.3 is 16.2 Å². The minimum Gasteiger partial charge on any atom is -0.489 e. The Morgan fingerprint density at radius 3 is 2.89 bits per heavy atom. The van der Waals surface area contributed by atoms with Crippen LogP contribution in [0, 0.1) is 0 Å². The van der Waals surface area contributed by atoms with Gasteiger partial charge in [0.2, 0.25) is 0 Å². The van der Waals surface area contributed by atoms with Crippen LogP contribution in [0.3, 0.4) is 0 Å². The monoisotopic (exact) mass is 286 g/mol. The van der Waals surface area contributed by atoms with Crippen molar-refractivity contribution < 1.29 is 23.1 Å². The highest BCUT2D eigenvalue weighted by Gasteiger charge is 2.30. The molecule has 0 aliphatic carbocycles. The van der Waals surface area contributed by atoms with Gasteiger partial charge in [-0.2, -0.15) is 13.1 Å². The molecule has 0 aromatic heterocycles. The lowest BCUT2D eigenvalue weighted by molar-refractivity contribution is 0.0692. The van der Waals surface area contributed by atoms with Crippen LogP contribution >= 0.6 is 0 Å². The molecular weight excluding hydrogens is 272 g/mol. The van der Waals surface area contributed by atoms with Crippen molar-refractivity contribution in [2.24, 2.45) is 0 Å². The molecule has 1 aliphatic rings. The smallest absolute Gasteiger partial charge is 0.339 e. The fourth-order valence-corrected chi connectivity index (χ4v) is 3.14. The van der Waals surface area contributed by atoms with E-state index in [-0.39, 0.29) is 36.7 Å². The molecule has 8 heteroatoms. The van der Waals surface area contributed by atoms with Crippen molar-refractivity contribution in [3.63, 3.8) is 0 Å². The van der Waals surface area contributed by atoms with Crippen molar-refractivity contribution in [3.05, 3.63) is 23.8 Å². The number of ether oxygens (including phenoxy) is 1. The number of fused-ring (bicyclic) bond motifs is 1. The second-order valence-electron chi connectivity index (χ2n) is 3.88. The van der Waals surface area contributed by atoms with Gasteiger partial charge in [-0.05, 0) is 12.1 Å². The van der Waals surface area contributed by atoms with Crippen molar-refractivity contribution in [2.75, 3.05) is 24.0 Å². The standard InChI is InChI=1S/C11H14N2O5S/c1-2-12-19(16,17)13-6-7-18-10-8(11(14)15)4-3-5-9(10)13/h3-5,12H,2,6-7H2,1H3,(H,14,15). The average molecular weight is 286 g/mol. The first-order valence-electron chi connectivity index (χ1n) is 5.74. The molecule has 2 rings (SSSR count). The van der Waals surface area contributed by atoms with Crippen molar-refractivity contribution in [3.8, 4) is 5.75 Å². The summed E-state index contributed by atoms with van der Waals surface area (Å²) in [5, 5.41) is 9.07. The molecule has 104 valence electrons. The number of carboxylic acids is 1. The van der Waals surface area contributed by atoms with Crippen LogP contribution in [0.15, 0.2) is 18.2 Å². The van der Waals surface area contributed by atoms with Gasteiger partial charge in [0.15, 0.2) is 5.75 Å². The molecule has 1 aliphatic heterocycles. The number of carboxylic acid groups (broad SMARTS) is 1. The van der Waals surface area contributed by atoms with Gasteiger partial charge in [-0.15, -0.1) is 0 Å². The van der Waals surface area contributed by atoms with Gasteiger partial charge in [0.1, 0.15) is 12.2 Å². The van der Waals surface area contributed by atoms with Gasteiger partial charge in [-0.1, -0.05) is 13.0 Å². The van der Waals surface area contributed by atoms with E-state index >= 15 is 0 Å². The predicted molar refractivity (Wildman–Crippen MR) is 68.8 cm³/mol. The maximum atomic E-state index is 12.0. The molecule has 0 saturated heterocycles. The number of para-hydroxylation sites is 1. The molecular formula is C11H14N2O5S. The van der Waals surface area contributed by atoms with Gasteiger partial charge < -0.3 is 9.84 Å². The van der Waals surface area contributed by atoms with Crippen LogP contribution in [0.1, 0.15) is 17.3 Å². The molecule has 1 aromatic rings. The zero-order chi connectivity index (χ0) is 14.0. The molecule has 0 spiro atoms. The van der Waals surface area contributed by atoms with E-state index in [2.05, 4.69) is 4.72 Å². The number of nitrogens with one attached hydrogen (secondary N) is 1. The fraction of sp³-hybridized carbons (Fsp3) is 0.364. The summed E-state index contributed by atoms with van der Waals surface area (Å²) in [4.78, 5) is 11.1. The van der Waals surface area contributed by atoms with Crippen molar-refractivity contribution in [2.45, 2.75) is 6.92 Å². The topological polar surface area (TPSA) is 95.9 Å². The molecule has 1 aromatic carbocycles. The largest absolute Gasteiger partial charge is 0.489 e. The van der Waals surface area contributed by atoms with E-state index in [0.29, 0.717) is 0 Å². The number of rotatable bonds is 4. The van der Waals surface area contributed by atoms with E-state index in [4.69, 9.17) is 9.84 Å². The zero-order valence-corrected chi connectivity index (χ0v) is 11.1. The third kappa shape index (κ3) is 2.49. The minimum absolute atomic E-state index is 0.0473. The number of hydrogen-bond acceptors (Lipinski definition) is 4. The number of aromatic carboxylic acids is 1. The minimum atomic E-state index is -3.68. The van der Waals surface area contributed by atoms with E-state index in [1.807, 2.05) is 0 Å². The third-order valence-corrected chi connectivity index (χ3v) is 4.26. The number of nitrogens with zero attached hydrogens (tertiary/aromatic N) is 1.